The Bertz CT molecular complexity index is 1980. The molecule has 2 saturated heterocycles. The summed E-state index contributed by atoms with van der Waals surface area (Å²) in [6, 6.07) is -9.28. The zero-order chi connectivity index (χ0) is 57.7. The Kier molecular flexibility index (Phi) is 27.5. The lowest BCUT2D eigenvalue weighted by atomic mass is 9.82. The molecule has 1 aliphatic carbocycles. The van der Waals surface area contributed by atoms with Gasteiger partial charge in [0.15, 0.2) is 36.4 Å². The van der Waals surface area contributed by atoms with E-state index in [0.717, 1.165) is 0 Å². The number of aliphatic hydroxyl groups is 7. The molecule has 0 spiro atoms. The number of nitrogens with two attached hydrogens (primary N) is 12. The van der Waals surface area contributed by atoms with Crippen molar-refractivity contribution in [3.63, 3.8) is 0 Å². The Balaban J connectivity index is 2.06. The van der Waals surface area contributed by atoms with E-state index in [4.69, 9.17) is 87.8 Å². The van der Waals surface area contributed by atoms with Gasteiger partial charge in [-0.3, -0.25) is 39.1 Å². The van der Waals surface area contributed by atoms with Crippen molar-refractivity contribution < 1.29 is 73.9 Å². The maximum absolute atomic E-state index is 13.9. The highest BCUT2D eigenvalue weighted by atomic mass is 16.7. The summed E-state index contributed by atoms with van der Waals surface area (Å²) in [6.07, 6.45) is -21.6. The van der Waals surface area contributed by atoms with Crippen LogP contribution in [0.4, 0.5) is 0 Å². The fraction of sp³-hybridized carbons (Fsp3) is 0.810. The molecule has 0 aromatic carbocycles. The highest BCUT2D eigenvalue weighted by molar-refractivity contribution is 5.83. The second kappa shape index (κ2) is 32.3. The number of aliphatic imine (C=N–C) groups is 4. The molecule has 442 valence electrons. The van der Waals surface area contributed by atoms with Crippen LogP contribution in [0.2, 0.25) is 0 Å². The van der Waals surface area contributed by atoms with Gasteiger partial charge in [-0.2, -0.15) is 0 Å². The normalized spacial score (nSPS) is 30.7. The molecule has 0 unspecified atom stereocenters. The molecule has 3 aliphatic rings. The van der Waals surface area contributed by atoms with Gasteiger partial charge >= 0.3 is 0 Å². The van der Waals surface area contributed by atoms with Gasteiger partial charge in [-0.05, 0) is 57.8 Å². The predicted molar refractivity (Wildman–Crippen MR) is 275 cm³/mol. The standard InChI is InChI=1S/C42H84N20O15/c43-16(5-1-9-55-39(47)48)33(70)59-14-22-26(65)28(67)29(68)38(74-22)77-32-21(61-35(72)18(45)7-3-11-57-41(51)52)13-20(60-34(71)17(44)6-2-10-56-40(49)50)31(30(32)69)76-37-27(66)24(25(64)23(15-63)75-37)62-36(73)19(46)8-4-12-58-42(53)54/h16-32,37-38,63-69H,1-15,43-46H2,(H,59,70)(H,60,71)(H,61,72)(H,62,73)(H4,47,48,55)(H4,49,50,56)(H4,51,52,57)(H4,53,54,58)/t16-,17-,18-,19-,20-,21+,22-,23+,24-,25+,26-,27+,28+,29-,30-,31+,32-,37+,38-/m0/s1. The predicted octanol–water partition coefficient (Wildman–Crippen LogP) is -13.1. The first-order valence-electron chi connectivity index (χ1n) is 25.0. The number of ether oxygens (including phenoxy) is 4. The topological polar surface area (TPSA) is 657 Å². The summed E-state index contributed by atoms with van der Waals surface area (Å²) in [5.74, 6) is -3.92. The maximum Gasteiger partial charge on any atom is 0.237 e. The SMILES string of the molecule is NC(N)=NCCC[C@H](N)C(=O)NC[C@@H]1O[C@@H](O[C@@H]2[C@@H](O)[C@H](O[C@H]3O[C@H](CO)[C@@H](O)[C@H](NC(=O)[C@@H](N)CCCN=C(N)N)[C@H]3O)[C@@H](NC(=O)[C@@H](N)CCCN=C(N)N)C[C@H]2NC(=O)[C@@H](N)CCCN=C(N)N)[C@@H](O)[C@H](O)[C@H]1O. The average Bonchev–Trinajstić information content (AvgIpc) is 3.37. The molecule has 0 bridgehead atoms. The van der Waals surface area contributed by atoms with Gasteiger partial charge < -0.3 is 145 Å². The van der Waals surface area contributed by atoms with Crippen LogP contribution in [0.25, 0.3) is 0 Å². The highest BCUT2D eigenvalue weighted by Crippen LogP contribution is 2.33. The average molecular weight is 1110 g/mol. The van der Waals surface area contributed by atoms with Crippen LogP contribution in [0.5, 0.6) is 0 Å². The molecule has 1 saturated carbocycles. The number of amides is 4. The minimum atomic E-state index is -2.10. The summed E-state index contributed by atoms with van der Waals surface area (Å²) in [6.45, 7) is -0.880. The van der Waals surface area contributed by atoms with E-state index in [1.807, 2.05) is 0 Å². The van der Waals surface area contributed by atoms with Crippen LogP contribution >= 0.6 is 0 Å². The molecule has 0 radical (unpaired) electrons. The molecule has 3 rings (SSSR count). The van der Waals surface area contributed by atoms with Crippen molar-refractivity contribution in [2.45, 2.75) is 174 Å². The summed E-state index contributed by atoms with van der Waals surface area (Å²) in [7, 11) is 0. The van der Waals surface area contributed by atoms with E-state index in [9.17, 15) is 54.9 Å². The van der Waals surface area contributed by atoms with Gasteiger partial charge in [-0.15, -0.1) is 0 Å². The number of nitrogens with one attached hydrogen (secondary N) is 4. The Labute approximate surface area is 443 Å². The van der Waals surface area contributed by atoms with Crippen LogP contribution in [0.15, 0.2) is 20.0 Å². The molecular weight excluding hydrogens is 1020 g/mol. The molecule has 77 heavy (non-hydrogen) atoms. The van der Waals surface area contributed by atoms with Crippen molar-refractivity contribution in [1.82, 2.24) is 21.3 Å². The van der Waals surface area contributed by atoms with Crippen molar-refractivity contribution in [2.75, 3.05) is 39.3 Å². The van der Waals surface area contributed by atoms with Gasteiger partial charge in [-0.1, -0.05) is 0 Å². The quantitative estimate of drug-likeness (QED) is 0.0180. The molecule has 0 aromatic heterocycles. The van der Waals surface area contributed by atoms with Gasteiger partial charge in [0.05, 0.1) is 48.9 Å². The minimum Gasteiger partial charge on any atom is -0.394 e. The second-order valence-corrected chi connectivity index (χ2v) is 18.9. The number of aliphatic hydroxyl groups excluding tert-OH is 7. The molecule has 35 nitrogen and oxygen atoms in total. The Morgan fingerprint density at radius 1 is 0.481 bits per heavy atom. The summed E-state index contributed by atoms with van der Waals surface area (Å²) >= 11 is 0. The smallest absolute Gasteiger partial charge is 0.237 e. The third-order valence-corrected chi connectivity index (χ3v) is 12.8. The molecule has 3 fully saturated rings. The first-order chi connectivity index (χ1) is 36.3. The van der Waals surface area contributed by atoms with Gasteiger partial charge in [0, 0.05) is 32.7 Å². The lowest BCUT2D eigenvalue weighted by Crippen LogP contribution is -2.71. The summed E-state index contributed by atoms with van der Waals surface area (Å²) in [4.78, 5) is 69.4. The van der Waals surface area contributed by atoms with Gasteiger partial charge in [0.2, 0.25) is 23.6 Å². The summed E-state index contributed by atoms with van der Waals surface area (Å²) in [5.41, 5.74) is 67.8. The lowest BCUT2D eigenvalue weighted by molar-refractivity contribution is -0.334. The largest absolute Gasteiger partial charge is 0.394 e. The van der Waals surface area contributed by atoms with Crippen LogP contribution < -0.4 is 90.1 Å². The van der Waals surface area contributed by atoms with Crippen LogP contribution in [0.1, 0.15) is 57.8 Å². The number of hydrogen-bond acceptors (Lipinski definition) is 23. The van der Waals surface area contributed by atoms with E-state index >= 15 is 0 Å². The van der Waals surface area contributed by atoms with Crippen LogP contribution in [0, 0.1) is 0 Å². The monoisotopic (exact) mass is 1110 g/mol. The maximum atomic E-state index is 13.9. The zero-order valence-electron chi connectivity index (χ0n) is 42.7. The van der Waals surface area contributed by atoms with E-state index < -0.39 is 159 Å². The van der Waals surface area contributed by atoms with Crippen LogP contribution in [-0.2, 0) is 38.1 Å². The third-order valence-electron chi connectivity index (χ3n) is 12.8. The molecular formula is C42H84N20O15. The second-order valence-electron chi connectivity index (χ2n) is 18.9. The van der Waals surface area contributed by atoms with Crippen molar-refractivity contribution >= 4 is 47.5 Å². The Morgan fingerprint density at radius 2 is 0.844 bits per heavy atom. The molecule has 35 N–H and O–H groups in total. The zero-order valence-corrected chi connectivity index (χ0v) is 42.7. The van der Waals surface area contributed by atoms with Crippen LogP contribution in [-0.4, -0.2) is 238 Å². The summed E-state index contributed by atoms with van der Waals surface area (Å²) < 4.78 is 24.2. The summed E-state index contributed by atoms with van der Waals surface area (Å²) in [5, 5.41) is 89.5. The molecule has 2 heterocycles. The number of nitrogens with zero attached hydrogens (tertiary/aromatic N) is 4. The van der Waals surface area contributed by atoms with Crippen molar-refractivity contribution in [2.24, 2.45) is 88.8 Å². The fourth-order valence-electron chi connectivity index (χ4n) is 8.50. The first-order valence-corrected chi connectivity index (χ1v) is 25.0. The van der Waals surface area contributed by atoms with E-state index in [2.05, 4.69) is 41.2 Å². The van der Waals surface area contributed by atoms with Crippen LogP contribution in [0.3, 0.4) is 0 Å². The number of carbonyl (C=O) groups excluding carboxylic acids is 4. The molecule has 0 aromatic rings. The number of hydrogen-bond donors (Lipinski definition) is 23. The number of rotatable bonds is 30. The minimum absolute atomic E-state index is 0.0282. The first kappa shape index (κ1) is 65.6. The fourth-order valence-corrected chi connectivity index (χ4v) is 8.50. The molecule has 19 atom stereocenters. The van der Waals surface area contributed by atoms with Gasteiger partial charge in [0.25, 0.3) is 0 Å². The molecule has 35 heteroatoms. The number of carbonyl (C=O) groups is 4. The van der Waals surface area contributed by atoms with Gasteiger partial charge in [0.1, 0.15) is 61.0 Å². The van der Waals surface area contributed by atoms with E-state index in [-0.39, 0.29) is 95.0 Å². The van der Waals surface area contributed by atoms with Crippen molar-refractivity contribution in [3.8, 4) is 0 Å². The van der Waals surface area contributed by atoms with E-state index in [1.165, 1.54) is 0 Å². The van der Waals surface area contributed by atoms with E-state index in [1.54, 1.807) is 0 Å². The lowest BCUT2D eigenvalue weighted by Gasteiger charge is -2.50. The number of guanidine groups is 4. The highest BCUT2D eigenvalue weighted by Gasteiger charge is 2.54. The van der Waals surface area contributed by atoms with Crippen molar-refractivity contribution in [1.29, 1.82) is 0 Å². The van der Waals surface area contributed by atoms with Crippen molar-refractivity contribution in [3.05, 3.63) is 0 Å². The van der Waals surface area contributed by atoms with E-state index in [0.29, 0.717) is 6.42 Å². The van der Waals surface area contributed by atoms with Gasteiger partial charge in [-0.25, -0.2) is 0 Å². The Hall–Kier alpha value is -5.64. The molecule has 4 amide bonds. The Morgan fingerprint density at radius 3 is 1.23 bits per heavy atom. The molecule has 2 aliphatic heterocycles. The third kappa shape index (κ3) is 20.9.